The zero-order valence-corrected chi connectivity index (χ0v) is 13.3. The fourth-order valence-corrected chi connectivity index (χ4v) is 3.89. The molecule has 0 aromatic heterocycles. The van der Waals surface area contributed by atoms with Crippen molar-refractivity contribution in [2.24, 2.45) is 0 Å². The van der Waals surface area contributed by atoms with Gasteiger partial charge in [-0.1, -0.05) is 12.5 Å². The quantitative estimate of drug-likeness (QED) is 0.882. The largest absolute Gasteiger partial charge is 0.496 e. The van der Waals surface area contributed by atoms with Gasteiger partial charge in [-0.3, -0.25) is 0 Å². The summed E-state index contributed by atoms with van der Waals surface area (Å²) in [7, 11) is 1.59. The van der Waals surface area contributed by atoms with Crippen molar-refractivity contribution in [3.05, 3.63) is 29.6 Å². The molecule has 2 nitrogen and oxygen atoms in total. The zero-order chi connectivity index (χ0) is 14.5. The Labute approximate surface area is 125 Å². The number of rotatable bonds is 5. The fourth-order valence-electron chi connectivity index (χ4n) is 3.06. The molecule has 1 saturated carbocycles. The van der Waals surface area contributed by atoms with Crippen LogP contribution in [0.15, 0.2) is 18.2 Å². The lowest BCUT2D eigenvalue weighted by Crippen LogP contribution is -2.37. The molecule has 1 aliphatic carbocycles. The van der Waals surface area contributed by atoms with Crippen LogP contribution in [-0.4, -0.2) is 24.7 Å². The molecule has 1 aromatic carbocycles. The number of hydrogen-bond donors (Lipinski definition) is 1. The average Bonchev–Trinajstić information content (AvgIpc) is 2.46. The molecule has 1 N–H and O–H groups in total. The van der Waals surface area contributed by atoms with Crippen LogP contribution in [0.25, 0.3) is 0 Å². The predicted molar refractivity (Wildman–Crippen MR) is 84.1 cm³/mol. The van der Waals surface area contributed by atoms with Gasteiger partial charge in [0.2, 0.25) is 0 Å². The Morgan fingerprint density at radius 3 is 2.90 bits per heavy atom. The SMILES string of the molecule is COc1cccc(F)c1C(C)NC1CCCC(SC)C1. The molecule has 0 heterocycles. The molecule has 0 spiro atoms. The number of methoxy groups -OCH3 is 1. The fraction of sp³-hybridized carbons (Fsp3) is 0.625. The van der Waals surface area contributed by atoms with Gasteiger partial charge < -0.3 is 10.1 Å². The molecule has 1 aliphatic rings. The number of benzene rings is 1. The lowest BCUT2D eigenvalue weighted by molar-refractivity contribution is 0.339. The third kappa shape index (κ3) is 3.67. The topological polar surface area (TPSA) is 21.3 Å². The average molecular weight is 297 g/mol. The lowest BCUT2D eigenvalue weighted by atomic mass is 9.93. The zero-order valence-electron chi connectivity index (χ0n) is 12.5. The van der Waals surface area contributed by atoms with E-state index in [4.69, 9.17) is 4.74 Å². The molecule has 20 heavy (non-hydrogen) atoms. The molecule has 0 aliphatic heterocycles. The van der Waals surface area contributed by atoms with Gasteiger partial charge in [-0.15, -0.1) is 0 Å². The summed E-state index contributed by atoms with van der Waals surface area (Å²) in [5, 5.41) is 4.31. The minimum absolute atomic E-state index is 0.0308. The van der Waals surface area contributed by atoms with Crippen molar-refractivity contribution in [2.45, 2.75) is 49.9 Å². The molecule has 2 rings (SSSR count). The van der Waals surface area contributed by atoms with E-state index in [1.165, 1.54) is 31.7 Å². The highest BCUT2D eigenvalue weighted by atomic mass is 32.2. The predicted octanol–water partition coefficient (Wildman–Crippen LogP) is 4.16. The van der Waals surface area contributed by atoms with Gasteiger partial charge in [0.25, 0.3) is 0 Å². The van der Waals surface area contributed by atoms with E-state index < -0.39 is 0 Å². The van der Waals surface area contributed by atoms with E-state index in [-0.39, 0.29) is 11.9 Å². The normalized spacial score (nSPS) is 24.4. The van der Waals surface area contributed by atoms with Gasteiger partial charge in [0, 0.05) is 22.9 Å². The van der Waals surface area contributed by atoms with Crippen molar-refractivity contribution in [2.75, 3.05) is 13.4 Å². The second-order valence-electron chi connectivity index (χ2n) is 5.47. The molecule has 0 bridgehead atoms. The van der Waals surface area contributed by atoms with Crippen molar-refractivity contribution < 1.29 is 9.13 Å². The Bertz CT molecular complexity index is 440. The van der Waals surface area contributed by atoms with E-state index in [2.05, 4.69) is 11.6 Å². The monoisotopic (exact) mass is 297 g/mol. The molecule has 0 saturated heterocycles. The van der Waals surface area contributed by atoms with Crippen LogP contribution in [-0.2, 0) is 0 Å². The third-order valence-electron chi connectivity index (χ3n) is 4.11. The number of hydrogen-bond acceptors (Lipinski definition) is 3. The molecule has 0 amide bonds. The summed E-state index contributed by atoms with van der Waals surface area (Å²) in [4.78, 5) is 0. The first-order valence-corrected chi connectivity index (χ1v) is 8.55. The van der Waals surface area contributed by atoms with Gasteiger partial charge in [-0.25, -0.2) is 4.39 Å². The third-order valence-corrected chi connectivity index (χ3v) is 5.21. The summed E-state index contributed by atoms with van der Waals surface area (Å²) in [6.07, 6.45) is 7.08. The maximum atomic E-state index is 14.1. The Morgan fingerprint density at radius 1 is 1.40 bits per heavy atom. The Kier molecular flexibility index (Phi) is 5.73. The second-order valence-corrected chi connectivity index (χ2v) is 6.60. The molecule has 112 valence electrons. The highest BCUT2D eigenvalue weighted by Crippen LogP contribution is 2.31. The van der Waals surface area contributed by atoms with Crippen LogP contribution in [0.1, 0.15) is 44.2 Å². The summed E-state index contributed by atoms with van der Waals surface area (Å²) in [5.41, 5.74) is 0.640. The van der Waals surface area contributed by atoms with Gasteiger partial charge in [0.15, 0.2) is 0 Å². The number of ether oxygens (including phenoxy) is 1. The van der Waals surface area contributed by atoms with E-state index in [0.717, 1.165) is 5.25 Å². The summed E-state index contributed by atoms with van der Waals surface area (Å²) in [6, 6.07) is 5.45. The minimum atomic E-state index is -0.193. The lowest BCUT2D eigenvalue weighted by Gasteiger charge is -2.31. The molecular weight excluding hydrogens is 273 g/mol. The highest BCUT2D eigenvalue weighted by molar-refractivity contribution is 7.99. The first-order chi connectivity index (χ1) is 9.65. The van der Waals surface area contributed by atoms with E-state index in [1.54, 1.807) is 13.2 Å². The van der Waals surface area contributed by atoms with E-state index in [0.29, 0.717) is 17.4 Å². The van der Waals surface area contributed by atoms with Crippen LogP contribution in [0.2, 0.25) is 0 Å². The summed E-state index contributed by atoms with van der Waals surface area (Å²) in [5.74, 6) is 0.434. The van der Waals surface area contributed by atoms with Crippen molar-refractivity contribution in [1.29, 1.82) is 0 Å². The Hall–Kier alpha value is -0.740. The van der Waals surface area contributed by atoms with Gasteiger partial charge in [0.05, 0.1) is 7.11 Å². The first kappa shape index (κ1) is 15.6. The molecular formula is C16H24FNOS. The van der Waals surface area contributed by atoms with Crippen molar-refractivity contribution in [3.8, 4) is 5.75 Å². The van der Waals surface area contributed by atoms with E-state index in [9.17, 15) is 4.39 Å². The summed E-state index contributed by atoms with van der Waals surface area (Å²) >= 11 is 1.94. The number of halogens is 1. The second kappa shape index (κ2) is 7.32. The summed E-state index contributed by atoms with van der Waals surface area (Å²) in [6.45, 7) is 2.02. The van der Waals surface area contributed by atoms with Gasteiger partial charge in [-0.2, -0.15) is 11.8 Å². The van der Waals surface area contributed by atoms with Crippen molar-refractivity contribution in [1.82, 2.24) is 5.32 Å². The van der Waals surface area contributed by atoms with Crippen molar-refractivity contribution in [3.63, 3.8) is 0 Å². The molecule has 4 heteroatoms. The first-order valence-electron chi connectivity index (χ1n) is 7.27. The molecule has 0 radical (unpaired) electrons. The number of nitrogens with one attached hydrogen (secondary N) is 1. The van der Waals surface area contributed by atoms with Crippen molar-refractivity contribution >= 4 is 11.8 Å². The Balaban J connectivity index is 2.06. The highest BCUT2D eigenvalue weighted by Gasteiger charge is 2.24. The molecule has 1 fully saturated rings. The molecule has 1 aromatic rings. The van der Waals surface area contributed by atoms with Gasteiger partial charge >= 0.3 is 0 Å². The van der Waals surface area contributed by atoms with Crippen LogP contribution < -0.4 is 10.1 Å². The molecule has 3 unspecified atom stereocenters. The molecule has 3 atom stereocenters. The maximum Gasteiger partial charge on any atom is 0.131 e. The van der Waals surface area contributed by atoms with E-state index >= 15 is 0 Å². The Morgan fingerprint density at radius 2 is 2.20 bits per heavy atom. The van der Waals surface area contributed by atoms with Crippen LogP contribution in [0.3, 0.4) is 0 Å². The minimum Gasteiger partial charge on any atom is -0.496 e. The van der Waals surface area contributed by atoms with E-state index in [1.807, 2.05) is 24.8 Å². The maximum absolute atomic E-state index is 14.1. The summed E-state index contributed by atoms with van der Waals surface area (Å²) < 4.78 is 19.4. The van der Waals surface area contributed by atoms with Gasteiger partial charge in [-0.05, 0) is 44.6 Å². The van der Waals surface area contributed by atoms with Crippen LogP contribution in [0, 0.1) is 5.82 Å². The van der Waals surface area contributed by atoms with Crippen LogP contribution in [0.5, 0.6) is 5.75 Å². The van der Waals surface area contributed by atoms with Crippen LogP contribution >= 0.6 is 11.8 Å². The smallest absolute Gasteiger partial charge is 0.131 e. The van der Waals surface area contributed by atoms with Crippen LogP contribution in [0.4, 0.5) is 4.39 Å². The van der Waals surface area contributed by atoms with Gasteiger partial charge in [0.1, 0.15) is 11.6 Å². The number of thioether (sulfide) groups is 1. The standard InChI is InChI=1S/C16H24FNOS/c1-11(16-14(17)8-5-9-15(16)19-2)18-12-6-4-7-13(10-12)20-3/h5,8-9,11-13,18H,4,6-7,10H2,1-3H3.